The Morgan fingerprint density at radius 1 is 1.45 bits per heavy atom. The molecule has 6 heteroatoms. The highest BCUT2D eigenvalue weighted by molar-refractivity contribution is 8.00. The Balaban J connectivity index is 2.19. The second-order valence-electron chi connectivity index (χ2n) is 3.76. The zero-order chi connectivity index (χ0) is 14.4. The van der Waals surface area contributed by atoms with Crippen molar-refractivity contribution in [1.29, 1.82) is 5.26 Å². The maximum atomic E-state index is 11.3. The van der Waals surface area contributed by atoms with Crippen LogP contribution < -0.4 is 0 Å². The molecular formula is C14H12N2O2S2. The van der Waals surface area contributed by atoms with Crippen molar-refractivity contribution in [3.05, 3.63) is 35.9 Å². The van der Waals surface area contributed by atoms with Gasteiger partial charge in [-0.1, -0.05) is 42.1 Å². The quantitative estimate of drug-likeness (QED) is 0.626. The first-order valence-corrected chi connectivity index (χ1v) is 7.75. The van der Waals surface area contributed by atoms with E-state index in [1.165, 1.54) is 23.3 Å². The SMILES string of the molecule is CCOC(=O)CSc1nsc(-c2ccccc2)c1C#N. The third kappa shape index (κ3) is 3.38. The highest BCUT2D eigenvalue weighted by Crippen LogP contribution is 2.34. The third-order valence-electron chi connectivity index (χ3n) is 2.44. The summed E-state index contributed by atoms with van der Waals surface area (Å²) in [5, 5.41) is 9.89. The molecule has 0 spiro atoms. The van der Waals surface area contributed by atoms with Crippen molar-refractivity contribution in [2.75, 3.05) is 12.4 Å². The minimum absolute atomic E-state index is 0.167. The first-order valence-electron chi connectivity index (χ1n) is 5.99. The van der Waals surface area contributed by atoms with Crippen molar-refractivity contribution in [3.8, 4) is 16.5 Å². The number of rotatable bonds is 5. The Bertz CT molecular complexity index is 632. The summed E-state index contributed by atoms with van der Waals surface area (Å²) >= 11 is 2.51. The lowest BCUT2D eigenvalue weighted by atomic mass is 10.1. The zero-order valence-corrected chi connectivity index (χ0v) is 12.5. The summed E-state index contributed by atoms with van der Waals surface area (Å²) in [7, 11) is 0. The number of carbonyl (C=O) groups is 1. The van der Waals surface area contributed by atoms with E-state index in [1.54, 1.807) is 6.92 Å². The van der Waals surface area contributed by atoms with Gasteiger partial charge in [0.15, 0.2) is 0 Å². The number of thioether (sulfide) groups is 1. The number of nitrogens with zero attached hydrogens (tertiary/aromatic N) is 2. The Morgan fingerprint density at radius 3 is 2.85 bits per heavy atom. The van der Waals surface area contributed by atoms with E-state index in [2.05, 4.69) is 10.4 Å². The van der Waals surface area contributed by atoms with Gasteiger partial charge < -0.3 is 4.74 Å². The molecule has 0 atom stereocenters. The number of aromatic nitrogens is 1. The van der Waals surface area contributed by atoms with E-state index >= 15 is 0 Å². The molecule has 0 saturated heterocycles. The molecule has 2 aromatic rings. The fourth-order valence-electron chi connectivity index (χ4n) is 1.59. The molecule has 1 heterocycles. The van der Waals surface area contributed by atoms with E-state index in [0.717, 1.165) is 10.4 Å². The zero-order valence-electron chi connectivity index (χ0n) is 10.8. The summed E-state index contributed by atoms with van der Waals surface area (Å²) in [6.45, 7) is 2.12. The molecule has 20 heavy (non-hydrogen) atoms. The number of carbonyl (C=O) groups excluding carboxylic acids is 1. The molecule has 2 rings (SSSR count). The van der Waals surface area contributed by atoms with Crippen molar-refractivity contribution >= 4 is 29.3 Å². The highest BCUT2D eigenvalue weighted by atomic mass is 32.2. The molecule has 0 aliphatic rings. The summed E-state index contributed by atoms with van der Waals surface area (Å²) in [6, 6.07) is 11.8. The molecule has 0 fully saturated rings. The normalized spacial score (nSPS) is 10.0. The van der Waals surface area contributed by atoms with Gasteiger partial charge in [0.1, 0.15) is 16.7 Å². The van der Waals surface area contributed by atoms with Crippen LogP contribution >= 0.6 is 23.3 Å². The van der Waals surface area contributed by atoms with Crippen LogP contribution in [0.25, 0.3) is 10.4 Å². The lowest BCUT2D eigenvalue weighted by molar-refractivity contribution is -0.139. The number of hydrogen-bond acceptors (Lipinski definition) is 6. The van der Waals surface area contributed by atoms with Crippen molar-refractivity contribution < 1.29 is 9.53 Å². The smallest absolute Gasteiger partial charge is 0.316 e. The Hall–Kier alpha value is -1.84. The van der Waals surface area contributed by atoms with Crippen LogP contribution in [0.4, 0.5) is 0 Å². The van der Waals surface area contributed by atoms with Crippen LogP contribution in [0.3, 0.4) is 0 Å². The molecule has 0 saturated carbocycles. The van der Waals surface area contributed by atoms with Gasteiger partial charge in [-0.15, -0.1) is 0 Å². The fraction of sp³-hybridized carbons (Fsp3) is 0.214. The molecular weight excluding hydrogens is 292 g/mol. The topological polar surface area (TPSA) is 63.0 Å². The summed E-state index contributed by atoms with van der Waals surface area (Å²) < 4.78 is 9.13. The van der Waals surface area contributed by atoms with Crippen LogP contribution in [-0.4, -0.2) is 22.7 Å². The van der Waals surface area contributed by atoms with Gasteiger partial charge in [-0.05, 0) is 24.0 Å². The maximum absolute atomic E-state index is 11.3. The molecule has 102 valence electrons. The number of esters is 1. The maximum Gasteiger partial charge on any atom is 0.316 e. The van der Waals surface area contributed by atoms with Crippen LogP contribution in [-0.2, 0) is 9.53 Å². The molecule has 0 bridgehead atoms. The summed E-state index contributed by atoms with van der Waals surface area (Å²) in [5.74, 6) is -0.129. The minimum Gasteiger partial charge on any atom is -0.465 e. The summed E-state index contributed by atoms with van der Waals surface area (Å²) in [6.07, 6.45) is 0. The molecule has 0 unspecified atom stereocenters. The van der Waals surface area contributed by atoms with Crippen LogP contribution in [0, 0.1) is 11.3 Å². The van der Waals surface area contributed by atoms with Gasteiger partial charge in [0.2, 0.25) is 0 Å². The van der Waals surface area contributed by atoms with Crippen LogP contribution in [0.5, 0.6) is 0 Å². The predicted molar refractivity (Wildman–Crippen MR) is 79.6 cm³/mol. The number of benzene rings is 1. The van der Waals surface area contributed by atoms with Gasteiger partial charge in [-0.3, -0.25) is 4.79 Å². The van der Waals surface area contributed by atoms with E-state index in [-0.39, 0.29) is 11.7 Å². The van der Waals surface area contributed by atoms with Crippen molar-refractivity contribution in [1.82, 2.24) is 4.37 Å². The van der Waals surface area contributed by atoms with Gasteiger partial charge >= 0.3 is 5.97 Å². The van der Waals surface area contributed by atoms with E-state index < -0.39 is 0 Å². The number of nitriles is 1. The minimum atomic E-state index is -0.296. The summed E-state index contributed by atoms with van der Waals surface area (Å²) in [4.78, 5) is 12.2. The lowest BCUT2D eigenvalue weighted by Crippen LogP contribution is -2.06. The van der Waals surface area contributed by atoms with Gasteiger partial charge in [0.25, 0.3) is 0 Å². The summed E-state index contributed by atoms with van der Waals surface area (Å²) in [5.41, 5.74) is 1.49. The molecule has 0 radical (unpaired) electrons. The van der Waals surface area contributed by atoms with E-state index in [4.69, 9.17) is 4.74 Å². The average molecular weight is 304 g/mol. The molecule has 0 N–H and O–H groups in total. The average Bonchev–Trinajstić information content (AvgIpc) is 2.89. The molecule has 0 amide bonds. The van der Waals surface area contributed by atoms with Gasteiger partial charge in [-0.25, -0.2) is 0 Å². The predicted octanol–water partition coefficient (Wildman–Crippen LogP) is 3.34. The van der Waals surface area contributed by atoms with Crippen molar-refractivity contribution in [2.24, 2.45) is 0 Å². The van der Waals surface area contributed by atoms with Crippen LogP contribution in [0.2, 0.25) is 0 Å². The molecule has 0 aliphatic heterocycles. The number of ether oxygens (including phenoxy) is 1. The lowest BCUT2D eigenvalue weighted by Gasteiger charge is -2.00. The van der Waals surface area contributed by atoms with E-state index in [0.29, 0.717) is 17.2 Å². The Morgan fingerprint density at radius 2 is 2.20 bits per heavy atom. The monoisotopic (exact) mass is 304 g/mol. The van der Waals surface area contributed by atoms with E-state index in [9.17, 15) is 10.1 Å². The Kier molecular flexibility index (Phi) is 5.16. The molecule has 1 aromatic carbocycles. The molecule has 4 nitrogen and oxygen atoms in total. The first-order chi connectivity index (χ1) is 9.76. The van der Waals surface area contributed by atoms with Crippen molar-refractivity contribution in [3.63, 3.8) is 0 Å². The third-order valence-corrected chi connectivity index (χ3v) is 4.40. The van der Waals surface area contributed by atoms with E-state index in [1.807, 2.05) is 30.3 Å². The molecule has 1 aromatic heterocycles. The second-order valence-corrected chi connectivity index (χ2v) is 5.50. The Labute approximate surface area is 125 Å². The number of hydrogen-bond donors (Lipinski definition) is 0. The van der Waals surface area contributed by atoms with Crippen molar-refractivity contribution in [2.45, 2.75) is 11.9 Å². The largest absolute Gasteiger partial charge is 0.465 e. The van der Waals surface area contributed by atoms with Gasteiger partial charge in [0, 0.05) is 0 Å². The van der Waals surface area contributed by atoms with Crippen LogP contribution in [0.1, 0.15) is 12.5 Å². The fourth-order valence-corrected chi connectivity index (χ4v) is 3.35. The second kappa shape index (κ2) is 7.08. The van der Waals surface area contributed by atoms with Gasteiger partial charge in [-0.2, -0.15) is 9.64 Å². The standard InChI is InChI=1S/C14H12N2O2S2/c1-2-18-12(17)9-19-14-11(8-15)13(20-16-14)10-6-4-3-5-7-10/h3-7H,2,9H2,1H3. The van der Waals surface area contributed by atoms with Gasteiger partial charge in [0.05, 0.1) is 17.2 Å². The first kappa shape index (κ1) is 14.6. The molecule has 0 aliphatic carbocycles. The highest BCUT2D eigenvalue weighted by Gasteiger charge is 2.16. The van der Waals surface area contributed by atoms with Crippen LogP contribution in [0.15, 0.2) is 35.4 Å².